The van der Waals surface area contributed by atoms with Crippen LogP contribution in [0.15, 0.2) is 0 Å². The van der Waals surface area contributed by atoms with Crippen molar-refractivity contribution in [3.63, 3.8) is 0 Å². The summed E-state index contributed by atoms with van der Waals surface area (Å²) < 4.78 is 0. The van der Waals surface area contributed by atoms with E-state index >= 15 is 0 Å². The number of piperidine rings is 1. The van der Waals surface area contributed by atoms with Gasteiger partial charge >= 0.3 is 11.8 Å². The number of hydrogen-bond donors (Lipinski definition) is 3. The molecule has 0 saturated carbocycles. The molecule has 8 nitrogen and oxygen atoms in total. The molecule has 0 atom stereocenters. The molecule has 0 unspecified atom stereocenters. The maximum Gasteiger partial charge on any atom is 0.324 e. The quantitative estimate of drug-likeness (QED) is 0.506. The van der Waals surface area contributed by atoms with Gasteiger partial charge in [0.05, 0.1) is 0 Å². The number of nitrogens with zero attached hydrogens (tertiary/aromatic N) is 2. The molecule has 118 valence electrons. The van der Waals surface area contributed by atoms with Gasteiger partial charge in [0.2, 0.25) is 5.91 Å². The molecule has 0 aliphatic carbocycles. The van der Waals surface area contributed by atoms with Crippen LogP contribution in [0, 0.1) is 5.92 Å². The third-order valence-corrected chi connectivity index (χ3v) is 3.92. The number of likely N-dealkylation sites (N-methyl/N-ethyl adjacent to an activating group) is 1. The second-order valence-corrected chi connectivity index (χ2v) is 5.57. The Kier molecular flexibility index (Phi) is 5.66. The summed E-state index contributed by atoms with van der Waals surface area (Å²) in [6.45, 7) is 4.51. The lowest BCUT2D eigenvalue weighted by molar-refractivity contribution is -0.145. The average Bonchev–Trinajstić information content (AvgIpc) is 2.50. The highest BCUT2D eigenvalue weighted by Gasteiger charge is 2.26. The van der Waals surface area contributed by atoms with Gasteiger partial charge < -0.3 is 10.2 Å². The molecule has 0 radical (unpaired) electrons. The Balaban J connectivity index is 1.74. The van der Waals surface area contributed by atoms with Crippen LogP contribution >= 0.6 is 0 Å². The molecule has 0 bridgehead atoms. The fraction of sp³-hybridized carbons (Fsp3) is 0.769. The first-order valence-electron chi connectivity index (χ1n) is 7.36. The minimum Gasteiger partial charge on any atom is -0.317 e. The minimum atomic E-state index is -0.877. The van der Waals surface area contributed by atoms with Gasteiger partial charge in [-0.2, -0.15) is 0 Å². The average molecular weight is 297 g/mol. The fourth-order valence-corrected chi connectivity index (χ4v) is 2.47. The first-order valence-corrected chi connectivity index (χ1v) is 7.36. The van der Waals surface area contributed by atoms with Crippen molar-refractivity contribution in [3.05, 3.63) is 0 Å². The van der Waals surface area contributed by atoms with Gasteiger partial charge in [0.15, 0.2) is 0 Å². The SMILES string of the molecule is CN1CCN(NC(=O)C(=O)NC(=O)C2CCNCC2)CC1. The van der Waals surface area contributed by atoms with Crippen molar-refractivity contribution in [3.8, 4) is 0 Å². The zero-order chi connectivity index (χ0) is 15.2. The zero-order valence-corrected chi connectivity index (χ0v) is 12.4. The molecule has 0 aromatic carbocycles. The Morgan fingerprint density at radius 3 is 2.24 bits per heavy atom. The molecule has 2 saturated heterocycles. The summed E-state index contributed by atoms with van der Waals surface area (Å²) in [6.07, 6.45) is 1.39. The van der Waals surface area contributed by atoms with Gasteiger partial charge in [-0.1, -0.05) is 0 Å². The van der Waals surface area contributed by atoms with Gasteiger partial charge in [-0.15, -0.1) is 0 Å². The molecule has 2 rings (SSSR count). The van der Waals surface area contributed by atoms with Crippen molar-refractivity contribution in [2.75, 3.05) is 46.3 Å². The summed E-state index contributed by atoms with van der Waals surface area (Å²) in [5.74, 6) is -2.19. The normalized spacial score (nSPS) is 21.8. The molecule has 2 aliphatic rings. The first kappa shape index (κ1) is 15.9. The Morgan fingerprint density at radius 2 is 1.62 bits per heavy atom. The lowest BCUT2D eigenvalue weighted by Crippen LogP contribution is -2.56. The largest absolute Gasteiger partial charge is 0.324 e. The Hall–Kier alpha value is -1.51. The molecule has 2 aliphatic heterocycles. The number of rotatable bonds is 2. The van der Waals surface area contributed by atoms with Gasteiger partial charge in [-0.05, 0) is 33.0 Å². The van der Waals surface area contributed by atoms with Crippen molar-refractivity contribution in [2.45, 2.75) is 12.8 Å². The van der Waals surface area contributed by atoms with Crippen LogP contribution in [-0.2, 0) is 14.4 Å². The van der Waals surface area contributed by atoms with Crippen LogP contribution in [0.25, 0.3) is 0 Å². The Morgan fingerprint density at radius 1 is 1.00 bits per heavy atom. The smallest absolute Gasteiger partial charge is 0.317 e. The molecule has 2 fully saturated rings. The monoisotopic (exact) mass is 297 g/mol. The maximum absolute atomic E-state index is 11.9. The number of piperazine rings is 1. The van der Waals surface area contributed by atoms with Crippen LogP contribution < -0.4 is 16.1 Å². The highest BCUT2D eigenvalue weighted by atomic mass is 16.2. The zero-order valence-electron chi connectivity index (χ0n) is 12.4. The molecule has 3 amide bonds. The van der Waals surface area contributed by atoms with E-state index in [4.69, 9.17) is 0 Å². The first-order chi connectivity index (χ1) is 10.1. The van der Waals surface area contributed by atoms with E-state index in [2.05, 4.69) is 21.0 Å². The van der Waals surface area contributed by atoms with E-state index in [9.17, 15) is 14.4 Å². The Labute approximate surface area is 124 Å². The molecule has 0 aromatic rings. The third-order valence-electron chi connectivity index (χ3n) is 3.92. The van der Waals surface area contributed by atoms with Crippen LogP contribution in [0.1, 0.15) is 12.8 Å². The van der Waals surface area contributed by atoms with Gasteiger partial charge in [0.1, 0.15) is 0 Å². The van der Waals surface area contributed by atoms with E-state index < -0.39 is 11.8 Å². The molecule has 8 heteroatoms. The van der Waals surface area contributed by atoms with Gasteiger partial charge in [-0.25, -0.2) is 5.01 Å². The summed E-state index contributed by atoms with van der Waals surface area (Å²) in [7, 11) is 2.00. The van der Waals surface area contributed by atoms with Crippen LogP contribution in [-0.4, -0.2) is 73.9 Å². The highest BCUT2D eigenvalue weighted by molar-refractivity contribution is 6.37. The van der Waals surface area contributed by atoms with Gasteiger partial charge in [0.25, 0.3) is 0 Å². The number of carbonyl (C=O) groups excluding carboxylic acids is 3. The van der Waals surface area contributed by atoms with Crippen LogP contribution in [0.3, 0.4) is 0 Å². The number of hydrazine groups is 1. The summed E-state index contributed by atoms with van der Waals surface area (Å²) >= 11 is 0. The molecule has 0 spiro atoms. The minimum absolute atomic E-state index is 0.188. The van der Waals surface area contributed by atoms with Crippen LogP contribution in [0.2, 0.25) is 0 Å². The summed E-state index contributed by atoms with van der Waals surface area (Å²) in [5.41, 5.74) is 2.54. The maximum atomic E-state index is 11.9. The fourth-order valence-electron chi connectivity index (χ4n) is 2.47. The summed E-state index contributed by atoms with van der Waals surface area (Å²) in [5, 5.41) is 7.05. The van der Waals surface area contributed by atoms with E-state index in [-0.39, 0.29) is 11.8 Å². The molecular formula is C13H23N5O3. The number of amides is 3. The van der Waals surface area contributed by atoms with Crippen molar-refractivity contribution in [1.82, 2.24) is 26.0 Å². The Bertz CT molecular complexity index is 401. The molecular weight excluding hydrogens is 274 g/mol. The van der Waals surface area contributed by atoms with Crippen LogP contribution in [0.5, 0.6) is 0 Å². The number of nitrogens with one attached hydrogen (secondary N) is 3. The molecule has 0 aromatic heterocycles. The summed E-state index contributed by atoms with van der Waals surface area (Å²) in [4.78, 5) is 37.5. The van der Waals surface area contributed by atoms with E-state index in [0.29, 0.717) is 25.9 Å². The second-order valence-electron chi connectivity index (χ2n) is 5.57. The van der Waals surface area contributed by atoms with E-state index in [1.807, 2.05) is 7.05 Å². The van der Waals surface area contributed by atoms with Crippen molar-refractivity contribution < 1.29 is 14.4 Å². The second kappa shape index (κ2) is 7.48. The van der Waals surface area contributed by atoms with Crippen molar-refractivity contribution >= 4 is 17.7 Å². The predicted molar refractivity (Wildman–Crippen MR) is 76.0 cm³/mol. The van der Waals surface area contributed by atoms with Gasteiger partial charge in [0, 0.05) is 32.1 Å². The summed E-state index contributed by atoms with van der Waals surface area (Å²) in [6, 6.07) is 0. The lowest BCUT2D eigenvalue weighted by Gasteiger charge is -2.32. The lowest BCUT2D eigenvalue weighted by atomic mass is 9.97. The molecule has 3 N–H and O–H groups in total. The third kappa shape index (κ3) is 4.76. The topological polar surface area (TPSA) is 93.8 Å². The van der Waals surface area contributed by atoms with E-state index in [0.717, 1.165) is 26.2 Å². The molecule has 21 heavy (non-hydrogen) atoms. The highest BCUT2D eigenvalue weighted by Crippen LogP contribution is 2.11. The van der Waals surface area contributed by atoms with Gasteiger partial charge in [-0.3, -0.25) is 25.1 Å². The van der Waals surface area contributed by atoms with Crippen LogP contribution in [0.4, 0.5) is 0 Å². The standard InChI is InChI=1S/C13H23N5O3/c1-17-6-8-18(9-7-17)16-13(21)12(20)15-11(19)10-2-4-14-5-3-10/h10,14H,2-9H2,1H3,(H,16,21)(H,15,19,20). The predicted octanol–water partition coefficient (Wildman–Crippen LogP) is -2.09. The van der Waals surface area contributed by atoms with Crippen molar-refractivity contribution in [1.29, 1.82) is 0 Å². The molecule has 2 heterocycles. The number of imide groups is 1. The number of hydrogen-bond acceptors (Lipinski definition) is 6. The van der Waals surface area contributed by atoms with E-state index in [1.54, 1.807) is 5.01 Å². The van der Waals surface area contributed by atoms with Crippen molar-refractivity contribution in [2.24, 2.45) is 5.92 Å². The van der Waals surface area contributed by atoms with E-state index in [1.165, 1.54) is 0 Å². The number of carbonyl (C=O) groups is 3.